The lowest BCUT2D eigenvalue weighted by molar-refractivity contribution is -0.117. The number of rotatable bonds is 7. The molecule has 0 aliphatic carbocycles. The van der Waals surface area contributed by atoms with E-state index in [9.17, 15) is 10.1 Å². The molecule has 5 nitrogen and oxygen atoms in total. The topological polar surface area (TPSA) is 71.3 Å². The number of halogens is 3. The summed E-state index contributed by atoms with van der Waals surface area (Å²) in [4.78, 5) is 12.1. The molecule has 0 heterocycles. The van der Waals surface area contributed by atoms with Gasteiger partial charge in [-0.3, -0.25) is 4.79 Å². The molecule has 0 saturated carbocycles. The summed E-state index contributed by atoms with van der Waals surface area (Å²) in [5.74, 6) is 0.627. The average Bonchev–Trinajstić information content (AvgIpc) is 2.66. The van der Waals surface area contributed by atoms with Gasteiger partial charge in [-0.1, -0.05) is 29.3 Å². The maximum absolute atomic E-state index is 12.1. The zero-order chi connectivity index (χ0) is 21.6. The summed E-state index contributed by atoms with van der Waals surface area (Å²) in [5, 5.41) is 13.0. The first-order valence-corrected chi connectivity index (χ1v) is 10.5. The lowest BCUT2D eigenvalue weighted by Crippen LogP contribution is -2.30. The van der Waals surface area contributed by atoms with Crippen LogP contribution in [0.4, 0.5) is 0 Å². The van der Waals surface area contributed by atoms with E-state index in [1.54, 1.807) is 18.2 Å². The van der Waals surface area contributed by atoms with Gasteiger partial charge < -0.3 is 14.8 Å². The zero-order valence-corrected chi connectivity index (χ0v) is 19.7. The van der Waals surface area contributed by atoms with Gasteiger partial charge in [-0.05, 0) is 77.9 Å². The van der Waals surface area contributed by atoms with E-state index in [0.717, 1.165) is 9.13 Å². The number of carbonyl (C=O) groups excluding carboxylic acids is 1. The standard InChI is InChI=1S/C21H19Cl2IN2O3/c1-12(2)26-21(27)15(10-25)6-14-8-18(24)20(19(9-14)28-3)29-11-13-4-5-16(22)17(23)7-13/h4-9,12H,11H2,1-3H3,(H,26,27)/b15-6-. The highest BCUT2D eigenvalue weighted by Crippen LogP contribution is 2.35. The molecule has 1 amide bonds. The van der Waals surface area contributed by atoms with Gasteiger partial charge in [0.25, 0.3) is 5.91 Å². The van der Waals surface area contributed by atoms with Crippen LogP contribution in [0.2, 0.25) is 10.0 Å². The molecule has 0 aromatic heterocycles. The molecule has 152 valence electrons. The number of amides is 1. The number of hydrogen-bond acceptors (Lipinski definition) is 4. The highest BCUT2D eigenvalue weighted by molar-refractivity contribution is 14.1. The molecule has 2 rings (SSSR count). The fraction of sp³-hybridized carbons (Fsp3) is 0.238. The third-order valence-electron chi connectivity index (χ3n) is 3.71. The van der Waals surface area contributed by atoms with E-state index < -0.39 is 5.91 Å². The van der Waals surface area contributed by atoms with E-state index in [1.807, 2.05) is 32.0 Å². The predicted molar refractivity (Wildman–Crippen MR) is 123 cm³/mol. The Bertz CT molecular complexity index is 985. The van der Waals surface area contributed by atoms with Gasteiger partial charge in [0.05, 0.1) is 20.7 Å². The second-order valence-electron chi connectivity index (χ2n) is 6.37. The number of methoxy groups -OCH3 is 1. The lowest BCUT2D eigenvalue weighted by Gasteiger charge is -2.14. The van der Waals surface area contributed by atoms with E-state index in [4.69, 9.17) is 32.7 Å². The van der Waals surface area contributed by atoms with Crippen LogP contribution >= 0.6 is 45.8 Å². The Balaban J connectivity index is 2.28. The van der Waals surface area contributed by atoms with Gasteiger partial charge in [-0.2, -0.15) is 5.26 Å². The van der Waals surface area contributed by atoms with Gasteiger partial charge in [0, 0.05) is 6.04 Å². The minimum Gasteiger partial charge on any atom is -0.493 e. The second kappa shape index (κ2) is 10.7. The SMILES string of the molecule is COc1cc(/C=C(/C#N)C(=O)NC(C)C)cc(I)c1OCc1ccc(Cl)c(Cl)c1. The van der Waals surface area contributed by atoms with Crippen molar-refractivity contribution in [2.45, 2.75) is 26.5 Å². The smallest absolute Gasteiger partial charge is 0.262 e. The molecule has 0 aliphatic rings. The molecule has 2 aromatic rings. The van der Waals surface area contributed by atoms with Crippen molar-refractivity contribution in [3.05, 3.63) is 60.6 Å². The molecule has 0 bridgehead atoms. The number of benzene rings is 2. The van der Waals surface area contributed by atoms with Crippen LogP contribution in [0.1, 0.15) is 25.0 Å². The molecule has 0 unspecified atom stereocenters. The average molecular weight is 545 g/mol. The van der Waals surface area contributed by atoms with Crippen LogP contribution in [0.15, 0.2) is 35.9 Å². The maximum atomic E-state index is 12.1. The van der Waals surface area contributed by atoms with Gasteiger partial charge >= 0.3 is 0 Å². The maximum Gasteiger partial charge on any atom is 0.262 e. The van der Waals surface area contributed by atoms with Crippen LogP contribution in [-0.4, -0.2) is 19.1 Å². The number of ether oxygens (including phenoxy) is 2. The van der Waals surface area contributed by atoms with E-state index >= 15 is 0 Å². The number of nitrogens with zero attached hydrogens (tertiary/aromatic N) is 1. The Labute approximate surface area is 193 Å². The molecule has 0 aliphatic heterocycles. The molecule has 0 atom stereocenters. The third-order valence-corrected chi connectivity index (χ3v) is 5.26. The number of hydrogen-bond donors (Lipinski definition) is 1. The molecule has 29 heavy (non-hydrogen) atoms. The first-order valence-electron chi connectivity index (χ1n) is 8.62. The highest BCUT2D eigenvalue weighted by Gasteiger charge is 2.14. The van der Waals surface area contributed by atoms with Crippen molar-refractivity contribution in [3.63, 3.8) is 0 Å². The van der Waals surface area contributed by atoms with Gasteiger partial charge in [0.15, 0.2) is 11.5 Å². The molecular weight excluding hydrogens is 526 g/mol. The summed E-state index contributed by atoms with van der Waals surface area (Å²) in [7, 11) is 1.53. The van der Waals surface area contributed by atoms with Crippen LogP contribution in [0.5, 0.6) is 11.5 Å². The molecule has 1 N–H and O–H groups in total. The van der Waals surface area contributed by atoms with Crippen molar-refractivity contribution in [1.82, 2.24) is 5.32 Å². The van der Waals surface area contributed by atoms with E-state index in [2.05, 4.69) is 27.9 Å². The van der Waals surface area contributed by atoms with Crippen molar-refractivity contribution in [2.75, 3.05) is 7.11 Å². The van der Waals surface area contributed by atoms with Crippen LogP contribution in [0.3, 0.4) is 0 Å². The molecular formula is C21H19Cl2IN2O3. The predicted octanol–water partition coefficient (Wildman–Crippen LogP) is 5.62. The molecule has 0 spiro atoms. The highest BCUT2D eigenvalue weighted by atomic mass is 127. The van der Waals surface area contributed by atoms with E-state index in [1.165, 1.54) is 13.2 Å². The summed E-state index contributed by atoms with van der Waals surface area (Å²) >= 11 is 14.1. The van der Waals surface area contributed by atoms with Crippen molar-refractivity contribution >= 4 is 57.8 Å². The third kappa shape index (κ3) is 6.53. The lowest BCUT2D eigenvalue weighted by atomic mass is 10.1. The Morgan fingerprint density at radius 1 is 1.28 bits per heavy atom. The number of nitrogens with one attached hydrogen (secondary N) is 1. The summed E-state index contributed by atoms with van der Waals surface area (Å²) in [6.45, 7) is 3.94. The second-order valence-corrected chi connectivity index (χ2v) is 8.35. The van der Waals surface area contributed by atoms with Crippen LogP contribution < -0.4 is 14.8 Å². The fourth-order valence-electron chi connectivity index (χ4n) is 2.40. The zero-order valence-electron chi connectivity index (χ0n) is 16.1. The molecule has 0 saturated heterocycles. The van der Waals surface area contributed by atoms with Crippen LogP contribution in [0.25, 0.3) is 6.08 Å². The Hall–Kier alpha value is -1.95. The normalized spacial score (nSPS) is 11.2. The van der Waals surface area contributed by atoms with Crippen molar-refractivity contribution in [2.24, 2.45) is 0 Å². The first kappa shape index (κ1) is 23.3. The van der Waals surface area contributed by atoms with Gasteiger partial charge in [-0.15, -0.1) is 0 Å². The van der Waals surface area contributed by atoms with Crippen LogP contribution in [0, 0.1) is 14.9 Å². The van der Waals surface area contributed by atoms with Crippen molar-refractivity contribution in [1.29, 1.82) is 5.26 Å². The monoisotopic (exact) mass is 544 g/mol. The summed E-state index contributed by atoms with van der Waals surface area (Å²) in [5.41, 5.74) is 1.53. The molecule has 8 heteroatoms. The molecule has 2 aromatic carbocycles. The first-order chi connectivity index (χ1) is 13.7. The van der Waals surface area contributed by atoms with Crippen molar-refractivity contribution < 1.29 is 14.3 Å². The molecule has 0 radical (unpaired) electrons. The summed E-state index contributed by atoms with van der Waals surface area (Å²) in [6, 6.07) is 10.7. The quantitative estimate of drug-likeness (QED) is 0.279. The Morgan fingerprint density at radius 2 is 2.00 bits per heavy atom. The van der Waals surface area contributed by atoms with Crippen molar-refractivity contribution in [3.8, 4) is 17.6 Å². The Kier molecular flexibility index (Phi) is 8.62. The number of nitriles is 1. The largest absolute Gasteiger partial charge is 0.493 e. The van der Waals surface area contributed by atoms with Gasteiger partial charge in [-0.25, -0.2) is 0 Å². The summed E-state index contributed by atoms with van der Waals surface area (Å²) in [6.07, 6.45) is 1.52. The van der Waals surface area contributed by atoms with Crippen LogP contribution in [-0.2, 0) is 11.4 Å². The molecule has 0 fully saturated rings. The summed E-state index contributed by atoms with van der Waals surface area (Å²) < 4.78 is 12.1. The van der Waals surface area contributed by atoms with Gasteiger partial charge in [0.1, 0.15) is 18.2 Å². The minimum absolute atomic E-state index is 0.0148. The van der Waals surface area contributed by atoms with E-state index in [0.29, 0.717) is 27.1 Å². The van der Waals surface area contributed by atoms with E-state index in [-0.39, 0.29) is 18.2 Å². The van der Waals surface area contributed by atoms with Gasteiger partial charge in [0.2, 0.25) is 0 Å². The minimum atomic E-state index is -0.420. The Morgan fingerprint density at radius 3 is 2.59 bits per heavy atom. The number of carbonyl (C=O) groups is 1. The fourth-order valence-corrected chi connectivity index (χ4v) is 3.51.